The molecule has 3 rings (SSSR count). The summed E-state index contributed by atoms with van der Waals surface area (Å²) in [5, 5.41) is 8.29. The summed E-state index contributed by atoms with van der Waals surface area (Å²) in [6.45, 7) is 0.225. The molecule has 8 heteroatoms. The van der Waals surface area contributed by atoms with E-state index in [0.717, 1.165) is 22.1 Å². The SMILES string of the molecule is CO[C@@H](CI)C[C@H](OCn1nnn(-c2ccccc2)c1=S)c1ccccc1. The third-order valence-corrected chi connectivity index (χ3v) is 5.56. The summed E-state index contributed by atoms with van der Waals surface area (Å²) in [4.78, 5) is 0. The molecule has 142 valence electrons. The molecule has 2 aromatic carbocycles. The first kappa shape index (κ1) is 20.1. The van der Waals surface area contributed by atoms with Crippen molar-refractivity contribution in [3.05, 3.63) is 71.0 Å². The Morgan fingerprint density at radius 1 is 1.04 bits per heavy atom. The molecule has 0 amide bonds. The normalized spacial score (nSPS) is 13.4. The number of ether oxygens (including phenoxy) is 2. The zero-order valence-corrected chi connectivity index (χ0v) is 17.9. The highest BCUT2D eigenvalue weighted by Gasteiger charge is 2.19. The van der Waals surface area contributed by atoms with E-state index in [1.807, 2.05) is 48.5 Å². The molecule has 0 N–H and O–H groups in total. The Hall–Kier alpha value is -1.62. The van der Waals surface area contributed by atoms with E-state index in [2.05, 4.69) is 45.2 Å². The first-order chi connectivity index (χ1) is 13.2. The Morgan fingerprint density at radius 2 is 1.70 bits per heavy atom. The molecule has 0 fully saturated rings. The fourth-order valence-corrected chi connectivity index (χ4v) is 3.63. The number of methoxy groups -OCH3 is 1. The zero-order chi connectivity index (χ0) is 19.1. The fraction of sp³-hybridized carbons (Fsp3) is 0.316. The van der Waals surface area contributed by atoms with Crippen LogP contribution in [0.1, 0.15) is 18.1 Å². The summed E-state index contributed by atoms with van der Waals surface area (Å²) >= 11 is 7.83. The van der Waals surface area contributed by atoms with E-state index in [1.165, 1.54) is 0 Å². The van der Waals surface area contributed by atoms with E-state index in [4.69, 9.17) is 21.7 Å². The minimum absolute atomic E-state index is 0.115. The van der Waals surface area contributed by atoms with Crippen LogP contribution in [-0.4, -0.2) is 37.4 Å². The van der Waals surface area contributed by atoms with Crippen molar-refractivity contribution in [2.75, 3.05) is 11.5 Å². The van der Waals surface area contributed by atoms with Crippen LogP contribution >= 0.6 is 34.8 Å². The number of hydrogen-bond donors (Lipinski definition) is 0. The van der Waals surface area contributed by atoms with E-state index in [-0.39, 0.29) is 18.9 Å². The van der Waals surface area contributed by atoms with Crippen molar-refractivity contribution in [3.63, 3.8) is 0 Å². The first-order valence-electron chi connectivity index (χ1n) is 8.56. The van der Waals surface area contributed by atoms with E-state index in [0.29, 0.717) is 4.77 Å². The highest BCUT2D eigenvalue weighted by atomic mass is 127. The molecule has 0 bridgehead atoms. The zero-order valence-electron chi connectivity index (χ0n) is 14.9. The van der Waals surface area contributed by atoms with Crippen LogP contribution in [0.25, 0.3) is 5.69 Å². The summed E-state index contributed by atoms with van der Waals surface area (Å²) in [5.41, 5.74) is 1.98. The van der Waals surface area contributed by atoms with Crippen molar-refractivity contribution in [1.82, 2.24) is 19.8 Å². The van der Waals surface area contributed by atoms with Gasteiger partial charge in [0.1, 0.15) is 6.73 Å². The molecule has 0 aliphatic rings. The molecular weight excluding hydrogens is 475 g/mol. The molecule has 0 aliphatic carbocycles. The maximum atomic E-state index is 6.18. The van der Waals surface area contributed by atoms with Crippen molar-refractivity contribution < 1.29 is 9.47 Å². The van der Waals surface area contributed by atoms with E-state index < -0.39 is 0 Å². The highest BCUT2D eigenvalue weighted by molar-refractivity contribution is 14.1. The first-order valence-corrected chi connectivity index (χ1v) is 10.5. The second-order valence-electron chi connectivity index (χ2n) is 5.95. The number of alkyl halides is 1. The van der Waals surface area contributed by atoms with Gasteiger partial charge in [0, 0.05) is 18.0 Å². The number of hydrogen-bond acceptors (Lipinski definition) is 5. The van der Waals surface area contributed by atoms with Crippen molar-refractivity contribution in [2.24, 2.45) is 0 Å². The molecule has 6 nitrogen and oxygen atoms in total. The smallest absolute Gasteiger partial charge is 0.222 e. The molecule has 0 saturated heterocycles. The van der Waals surface area contributed by atoms with Gasteiger partial charge in [-0.05, 0) is 40.3 Å². The average Bonchev–Trinajstić information content (AvgIpc) is 3.10. The van der Waals surface area contributed by atoms with Crippen LogP contribution in [0.3, 0.4) is 0 Å². The standard InChI is InChI=1S/C19H21IN4O2S/c1-25-17(13-20)12-18(15-8-4-2-5-9-15)26-14-23-19(27)24(22-21-23)16-10-6-3-7-11-16/h2-11,17-18H,12-14H2,1H3/t17-,18+/m1/s1. The number of rotatable bonds is 9. The van der Waals surface area contributed by atoms with Gasteiger partial charge in [-0.25, -0.2) is 0 Å². The summed E-state index contributed by atoms with van der Waals surface area (Å²) in [7, 11) is 1.73. The van der Waals surface area contributed by atoms with Crippen molar-refractivity contribution in [3.8, 4) is 5.69 Å². The lowest BCUT2D eigenvalue weighted by Crippen LogP contribution is -2.19. The number of para-hydroxylation sites is 1. The summed E-state index contributed by atoms with van der Waals surface area (Å²) < 4.78 is 16.3. The number of nitrogens with zero attached hydrogens (tertiary/aromatic N) is 4. The van der Waals surface area contributed by atoms with Crippen LogP contribution in [0.5, 0.6) is 0 Å². The molecule has 2 atom stereocenters. The van der Waals surface area contributed by atoms with Crippen molar-refractivity contribution >= 4 is 34.8 Å². The fourth-order valence-electron chi connectivity index (χ4n) is 2.68. The third kappa shape index (κ3) is 5.22. The lowest BCUT2D eigenvalue weighted by Gasteiger charge is -2.22. The molecule has 27 heavy (non-hydrogen) atoms. The maximum absolute atomic E-state index is 6.18. The average molecular weight is 496 g/mol. The predicted molar refractivity (Wildman–Crippen MR) is 115 cm³/mol. The van der Waals surface area contributed by atoms with Gasteiger partial charge in [-0.3, -0.25) is 0 Å². The minimum atomic E-state index is -0.116. The molecule has 0 radical (unpaired) electrons. The molecule has 1 aromatic heterocycles. The van der Waals surface area contributed by atoms with Gasteiger partial charge in [0.25, 0.3) is 0 Å². The van der Waals surface area contributed by atoms with Crippen LogP contribution < -0.4 is 0 Å². The van der Waals surface area contributed by atoms with Gasteiger partial charge in [-0.15, -0.1) is 0 Å². The van der Waals surface area contributed by atoms with Gasteiger partial charge in [0.05, 0.1) is 17.9 Å². The van der Waals surface area contributed by atoms with Crippen LogP contribution in [0.15, 0.2) is 60.7 Å². The van der Waals surface area contributed by atoms with Crippen molar-refractivity contribution in [2.45, 2.75) is 25.4 Å². The Labute approximate surface area is 177 Å². The largest absolute Gasteiger partial charge is 0.381 e. The summed E-state index contributed by atoms with van der Waals surface area (Å²) in [5.74, 6) is 0. The molecule has 3 aromatic rings. The molecule has 0 saturated carbocycles. The van der Waals surface area contributed by atoms with Gasteiger partial charge >= 0.3 is 0 Å². The summed E-state index contributed by atoms with van der Waals surface area (Å²) in [6.07, 6.45) is 0.752. The van der Waals surface area contributed by atoms with Gasteiger partial charge in [0.2, 0.25) is 4.77 Å². The number of aromatic nitrogens is 4. The topological polar surface area (TPSA) is 54.1 Å². The Morgan fingerprint density at radius 3 is 2.33 bits per heavy atom. The van der Waals surface area contributed by atoms with E-state index in [1.54, 1.807) is 16.5 Å². The van der Waals surface area contributed by atoms with E-state index >= 15 is 0 Å². The summed E-state index contributed by atoms with van der Waals surface area (Å²) in [6, 6.07) is 19.8. The maximum Gasteiger partial charge on any atom is 0.222 e. The Bertz CT molecular complexity index is 881. The van der Waals surface area contributed by atoms with Crippen LogP contribution in [0, 0.1) is 4.77 Å². The van der Waals surface area contributed by atoms with Crippen LogP contribution in [0.4, 0.5) is 0 Å². The monoisotopic (exact) mass is 496 g/mol. The van der Waals surface area contributed by atoms with E-state index in [9.17, 15) is 0 Å². The molecule has 1 heterocycles. The Kier molecular flexibility index (Phi) is 7.50. The molecular formula is C19H21IN4O2S. The van der Waals surface area contributed by atoms with Gasteiger partial charge in [-0.1, -0.05) is 71.1 Å². The lowest BCUT2D eigenvalue weighted by molar-refractivity contribution is -0.0317. The number of tetrazole rings is 1. The third-order valence-electron chi connectivity index (χ3n) is 4.19. The Balaban J connectivity index is 1.76. The lowest BCUT2D eigenvalue weighted by atomic mass is 10.0. The molecule has 0 aliphatic heterocycles. The number of benzene rings is 2. The quantitative estimate of drug-likeness (QED) is 0.251. The van der Waals surface area contributed by atoms with Crippen molar-refractivity contribution in [1.29, 1.82) is 0 Å². The van der Waals surface area contributed by atoms with Crippen LogP contribution in [0.2, 0.25) is 0 Å². The minimum Gasteiger partial charge on any atom is -0.381 e. The second kappa shape index (κ2) is 10.1. The molecule has 0 spiro atoms. The number of halogens is 1. The second-order valence-corrected chi connectivity index (χ2v) is 7.20. The van der Waals surface area contributed by atoms with Gasteiger partial charge in [0.15, 0.2) is 0 Å². The van der Waals surface area contributed by atoms with Gasteiger partial charge in [-0.2, -0.15) is 9.36 Å². The molecule has 0 unspecified atom stereocenters. The van der Waals surface area contributed by atoms with Crippen LogP contribution in [-0.2, 0) is 16.2 Å². The highest BCUT2D eigenvalue weighted by Crippen LogP contribution is 2.25. The van der Waals surface area contributed by atoms with Gasteiger partial charge < -0.3 is 9.47 Å². The predicted octanol–water partition coefficient (Wildman–Crippen LogP) is 4.35.